The van der Waals surface area contributed by atoms with Crippen molar-refractivity contribution in [2.75, 3.05) is 20.2 Å². The van der Waals surface area contributed by atoms with E-state index in [1.54, 1.807) is 13.3 Å². The molecule has 1 aliphatic heterocycles. The molecule has 0 spiro atoms. The number of amides is 1. The third-order valence-corrected chi connectivity index (χ3v) is 5.20. The Morgan fingerprint density at radius 3 is 2.92 bits per heavy atom. The molecule has 1 amide bonds. The van der Waals surface area contributed by atoms with Crippen molar-refractivity contribution in [1.82, 2.24) is 9.88 Å². The lowest BCUT2D eigenvalue weighted by molar-refractivity contribution is -0.133. The predicted molar refractivity (Wildman–Crippen MR) is 103 cm³/mol. The van der Waals surface area contributed by atoms with Crippen molar-refractivity contribution in [2.45, 2.75) is 38.5 Å². The number of methoxy groups -OCH3 is 1. The number of aromatic nitrogens is 1. The number of hydrogen-bond donors (Lipinski definition) is 0. The molecule has 0 bridgehead atoms. The van der Waals surface area contributed by atoms with Crippen molar-refractivity contribution in [3.05, 3.63) is 59.9 Å². The summed E-state index contributed by atoms with van der Waals surface area (Å²) in [6, 6.07) is 12.3. The quantitative estimate of drug-likeness (QED) is 0.759. The van der Waals surface area contributed by atoms with Crippen LogP contribution in [0.15, 0.2) is 48.8 Å². The molecule has 4 heteroatoms. The van der Waals surface area contributed by atoms with Crippen LogP contribution in [-0.4, -0.2) is 36.0 Å². The van der Waals surface area contributed by atoms with Gasteiger partial charge in [0.05, 0.1) is 7.11 Å². The summed E-state index contributed by atoms with van der Waals surface area (Å²) in [7, 11) is 1.70. The van der Waals surface area contributed by atoms with Crippen LogP contribution < -0.4 is 4.74 Å². The molecule has 26 heavy (non-hydrogen) atoms. The van der Waals surface area contributed by atoms with Crippen molar-refractivity contribution in [3.8, 4) is 5.75 Å². The molecule has 2 heterocycles. The third kappa shape index (κ3) is 5.32. The SMILES string of the molecule is COc1cccc(CC[C@@H]2CCCN(C(=O)CCc3cccnc3)C2)c1. The molecule has 4 nitrogen and oxygen atoms in total. The molecule has 2 aromatic rings. The van der Waals surface area contributed by atoms with Crippen LogP contribution in [0.4, 0.5) is 0 Å². The van der Waals surface area contributed by atoms with Gasteiger partial charge in [0.25, 0.3) is 0 Å². The van der Waals surface area contributed by atoms with Crippen molar-refractivity contribution in [2.24, 2.45) is 5.92 Å². The normalized spacial score (nSPS) is 17.1. The van der Waals surface area contributed by atoms with Crippen LogP contribution in [0.25, 0.3) is 0 Å². The maximum atomic E-state index is 12.6. The van der Waals surface area contributed by atoms with Gasteiger partial charge in [0.15, 0.2) is 0 Å². The van der Waals surface area contributed by atoms with Gasteiger partial charge in [0.1, 0.15) is 5.75 Å². The molecule has 1 aromatic heterocycles. The van der Waals surface area contributed by atoms with Crippen LogP contribution in [0.3, 0.4) is 0 Å². The zero-order valence-electron chi connectivity index (χ0n) is 15.6. The van der Waals surface area contributed by atoms with Crippen molar-refractivity contribution < 1.29 is 9.53 Å². The number of pyridine rings is 1. The molecule has 0 radical (unpaired) electrons. The van der Waals surface area contributed by atoms with Crippen LogP contribution in [0.2, 0.25) is 0 Å². The monoisotopic (exact) mass is 352 g/mol. The standard InChI is InChI=1S/C22H28N2O2/c1-26-21-8-2-5-18(15-21)9-10-20-7-4-14-24(17-20)22(25)12-11-19-6-3-13-23-16-19/h2-3,5-6,8,13,15-16,20H,4,7,9-12,14,17H2,1H3/t20-/m0/s1. The van der Waals surface area contributed by atoms with Gasteiger partial charge in [-0.3, -0.25) is 9.78 Å². The van der Waals surface area contributed by atoms with Gasteiger partial charge in [-0.1, -0.05) is 18.2 Å². The molecule has 0 N–H and O–H groups in total. The molecule has 3 rings (SSSR count). The van der Waals surface area contributed by atoms with Gasteiger partial charge in [-0.05, 0) is 67.3 Å². The number of carbonyl (C=O) groups excluding carboxylic acids is 1. The Bertz CT molecular complexity index is 702. The van der Waals surface area contributed by atoms with Gasteiger partial charge in [0.2, 0.25) is 5.91 Å². The zero-order valence-corrected chi connectivity index (χ0v) is 15.6. The summed E-state index contributed by atoms with van der Waals surface area (Å²) in [5.74, 6) is 1.79. The number of benzene rings is 1. The molecule has 1 saturated heterocycles. The van der Waals surface area contributed by atoms with Crippen LogP contribution in [0, 0.1) is 5.92 Å². The number of hydrogen-bond acceptors (Lipinski definition) is 3. The molecule has 1 atom stereocenters. The molecular formula is C22H28N2O2. The van der Waals surface area contributed by atoms with Crippen LogP contribution in [-0.2, 0) is 17.6 Å². The molecule has 0 aliphatic carbocycles. The number of piperidine rings is 1. The smallest absolute Gasteiger partial charge is 0.222 e. The highest BCUT2D eigenvalue weighted by Crippen LogP contribution is 2.23. The summed E-state index contributed by atoms with van der Waals surface area (Å²) in [5.41, 5.74) is 2.44. The molecule has 0 unspecified atom stereocenters. The minimum Gasteiger partial charge on any atom is -0.497 e. The van der Waals surface area contributed by atoms with Gasteiger partial charge in [-0.25, -0.2) is 0 Å². The Morgan fingerprint density at radius 1 is 1.23 bits per heavy atom. The highest BCUT2D eigenvalue weighted by molar-refractivity contribution is 5.76. The minimum atomic E-state index is 0.278. The predicted octanol–water partition coefficient (Wildman–Crippen LogP) is 3.89. The first-order valence-corrected chi connectivity index (χ1v) is 9.54. The van der Waals surface area contributed by atoms with Crippen LogP contribution in [0.5, 0.6) is 5.75 Å². The van der Waals surface area contributed by atoms with Gasteiger partial charge >= 0.3 is 0 Å². The average molecular weight is 352 g/mol. The number of carbonyl (C=O) groups is 1. The molecular weight excluding hydrogens is 324 g/mol. The fraction of sp³-hybridized carbons (Fsp3) is 0.455. The van der Waals surface area contributed by atoms with E-state index in [0.29, 0.717) is 12.3 Å². The Kier molecular flexibility index (Phi) is 6.64. The van der Waals surface area contributed by atoms with Crippen LogP contribution >= 0.6 is 0 Å². The second-order valence-corrected chi connectivity index (χ2v) is 7.10. The van der Waals surface area contributed by atoms with E-state index in [1.807, 2.05) is 30.5 Å². The zero-order chi connectivity index (χ0) is 18.2. The Morgan fingerprint density at radius 2 is 2.12 bits per heavy atom. The number of nitrogens with zero attached hydrogens (tertiary/aromatic N) is 2. The van der Waals surface area contributed by atoms with Crippen molar-refractivity contribution in [3.63, 3.8) is 0 Å². The Labute approximate surface area is 156 Å². The average Bonchev–Trinajstić information content (AvgIpc) is 2.71. The van der Waals surface area contributed by atoms with E-state index in [2.05, 4.69) is 22.0 Å². The van der Waals surface area contributed by atoms with Crippen molar-refractivity contribution >= 4 is 5.91 Å². The summed E-state index contributed by atoms with van der Waals surface area (Å²) < 4.78 is 5.30. The Balaban J connectivity index is 1.46. The maximum absolute atomic E-state index is 12.6. The molecule has 0 saturated carbocycles. The summed E-state index contributed by atoms with van der Waals surface area (Å²) in [4.78, 5) is 18.7. The second kappa shape index (κ2) is 9.37. The van der Waals surface area contributed by atoms with E-state index >= 15 is 0 Å². The van der Waals surface area contributed by atoms with Gasteiger partial charge in [-0.15, -0.1) is 0 Å². The summed E-state index contributed by atoms with van der Waals surface area (Å²) >= 11 is 0. The van der Waals surface area contributed by atoms with E-state index in [1.165, 1.54) is 12.0 Å². The number of aryl methyl sites for hydroxylation is 2. The number of likely N-dealkylation sites (tertiary alicyclic amines) is 1. The van der Waals surface area contributed by atoms with E-state index in [-0.39, 0.29) is 5.91 Å². The lowest BCUT2D eigenvalue weighted by Gasteiger charge is -2.33. The highest BCUT2D eigenvalue weighted by atomic mass is 16.5. The van der Waals surface area contributed by atoms with Gasteiger partial charge in [-0.2, -0.15) is 0 Å². The molecule has 1 fully saturated rings. The fourth-order valence-electron chi connectivity index (χ4n) is 3.68. The molecule has 1 aromatic carbocycles. The first kappa shape index (κ1) is 18.4. The number of ether oxygens (including phenoxy) is 1. The van der Waals surface area contributed by atoms with Gasteiger partial charge in [0, 0.05) is 31.9 Å². The molecule has 138 valence electrons. The highest BCUT2D eigenvalue weighted by Gasteiger charge is 2.23. The largest absolute Gasteiger partial charge is 0.497 e. The minimum absolute atomic E-state index is 0.278. The van der Waals surface area contributed by atoms with E-state index in [4.69, 9.17) is 4.74 Å². The molecule has 1 aliphatic rings. The first-order valence-electron chi connectivity index (χ1n) is 9.54. The maximum Gasteiger partial charge on any atom is 0.222 e. The van der Waals surface area contributed by atoms with Crippen molar-refractivity contribution in [1.29, 1.82) is 0 Å². The van der Waals surface area contributed by atoms with E-state index in [9.17, 15) is 4.79 Å². The Hall–Kier alpha value is -2.36. The summed E-state index contributed by atoms with van der Waals surface area (Å²) in [6.07, 6.45) is 9.46. The summed E-state index contributed by atoms with van der Waals surface area (Å²) in [5, 5.41) is 0. The van der Waals surface area contributed by atoms with E-state index in [0.717, 1.165) is 50.1 Å². The number of rotatable bonds is 7. The van der Waals surface area contributed by atoms with Gasteiger partial charge < -0.3 is 9.64 Å². The lowest BCUT2D eigenvalue weighted by Crippen LogP contribution is -2.40. The first-order chi connectivity index (χ1) is 12.7. The summed E-state index contributed by atoms with van der Waals surface area (Å²) in [6.45, 7) is 1.80. The third-order valence-electron chi connectivity index (χ3n) is 5.20. The topological polar surface area (TPSA) is 42.4 Å². The lowest BCUT2D eigenvalue weighted by atomic mass is 9.91. The second-order valence-electron chi connectivity index (χ2n) is 7.10. The van der Waals surface area contributed by atoms with E-state index < -0.39 is 0 Å². The fourth-order valence-corrected chi connectivity index (χ4v) is 3.68. The van der Waals surface area contributed by atoms with Crippen LogP contribution in [0.1, 0.15) is 36.8 Å².